The Kier molecular flexibility index (Phi) is 10.7. The number of carboxylic acids is 1. The number of hydrogen-bond donors (Lipinski definition) is 1. The van der Waals surface area contributed by atoms with Gasteiger partial charge in [0.15, 0.2) is 6.10 Å². The molecule has 5 rings (SSSR count). The Bertz CT molecular complexity index is 1630. The molecule has 2 aromatic carbocycles. The first-order chi connectivity index (χ1) is 22.5. The van der Waals surface area contributed by atoms with Crippen molar-refractivity contribution in [2.45, 2.75) is 119 Å². The average Bonchev–Trinajstić information content (AvgIpc) is 2.99. The quantitative estimate of drug-likeness (QED) is 0.234. The lowest BCUT2D eigenvalue weighted by Crippen LogP contribution is -2.39. The van der Waals surface area contributed by atoms with Gasteiger partial charge in [-0.15, -0.1) is 0 Å². The number of carbonyl (C=O) groups is 1. The molecule has 260 valence electrons. The first kappa shape index (κ1) is 36.0. The molecule has 2 aliphatic heterocycles. The molecule has 0 radical (unpaired) electrons. The van der Waals surface area contributed by atoms with Gasteiger partial charge in [0.2, 0.25) is 0 Å². The molecule has 1 aromatic heterocycles. The van der Waals surface area contributed by atoms with Crippen molar-refractivity contribution in [1.29, 1.82) is 0 Å². The lowest BCUT2D eigenvalue weighted by Gasteiger charge is -2.41. The number of rotatable bonds is 10. The predicted octanol–water partition coefficient (Wildman–Crippen LogP) is 8.56. The van der Waals surface area contributed by atoms with Crippen molar-refractivity contribution in [2.75, 3.05) is 24.5 Å². The second kappa shape index (κ2) is 14.3. The van der Waals surface area contributed by atoms with E-state index in [0.29, 0.717) is 17.9 Å². The molecule has 48 heavy (non-hydrogen) atoms. The SMILES string of the molecule is Cc1cc(F)ccc1CN1CCc2cc(-c3c(COC(C)C)nc(C)c([C@H](OC(C)(C)C)C(=O)O)c3N3CCC(C)(C)CC3)ccc2C1. The summed E-state index contributed by atoms with van der Waals surface area (Å²) in [6.07, 6.45) is 1.70. The van der Waals surface area contributed by atoms with Gasteiger partial charge in [0.05, 0.1) is 29.7 Å². The second-order valence-corrected chi connectivity index (χ2v) is 15.8. The number of hydrogen-bond acceptors (Lipinski definition) is 6. The normalized spacial score (nSPS) is 17.4. The van der Waals surface area contributed by atoms with Crippen LogP contribution in [0.4, 0.5) is 10.1 Å². The third-order valence-corrected chi connectivity index (χ3v) is 9.70. The maximum atomic E-state index is 13.7. The topological polar surface area (TPSA) is 75.1 Å². The molecule has 1 atom stereocenters. The zero-order chi connectivity index (χ0) is 35.0. The summed E-state index contributed by atoms with van der Waals surface area (Å²) in [6.45, 7) is 22.6. The molecule has 3 heterocycles. The van der Waals surface area contributed by atoms with E-state index in [1.807, 2.05) is 54.5 Å². The number of piperidine rings is 1. The van der Waals surface area contributed by atoms with Crippen LogP contribution in [0.1, 0.15) is 107 Å². The van der Waals surface area contributed by atoms with Gasteiger partial charge >= 0.3 is 5.97 Å². The van der Waals surface area contributed by atoms with Crippen LogP contribution in [0.15, 0.2) is 36.4 Å². The van der Waals surface area contributed by atoms with Crippen molar-refractivity contribution in [3.63, 3.8) is 0 Å². The number of pyridine rings is 1. The van der Waals surface area contributed by atoms with Gasteiger partial charge in [-0.3, -0.25) is 9.88 Å². The van der Waals surface area contributed by atoms with Gasteiger partial charge < -0.3 is 19.5 Å². The van der Waals surface area contributed by atoms with Crippen LogP contribution >= 0.6 is 0 Å². The van der Waals surface area contributed by atoms with E-state index < -0.39 is 17.7 Å². The molecule has 7 nitrogen and oxygen atoms in total. The lowest BCUT2D eigenvalue weighted by atomic mass is 9.81. The first-order valence-corrected chi connectivity index (χ1v) is 17.4. The smallest absolute Gasteiger partial charge is 0.337 e. The van der Waals surface area contributed by atoms with Gasteiger partial charge in [-0.25, -0.2) is 9.18 Å². The number of nitrogens with zero attached hydrogens (tertiary/aromatic N) is 3. The molecule has 1 saturated heterocycles. The van der Waals surface area contributed by atoms with Crippen LogP contribution in [-0.2, 0) is 40.4 Å². The molecule has 3 aromatic rings. The third-order valence-electron chi connectivity index (χ3n) is 9.70. The minimum atomic E-state index is -1.18. The van der Waals surface area contributed by atoms with Crippen LogP contribution in [0, 0.1) is 25.1 Å². The van der Waals surface area contributed by atoms with Gasteiger partial charge in [0.1, 0.15) is 5.82 Å². The molecule has 2 aliphatic rings. The summed E-state index contributed by atoms with van der Waals surface area (Å²) in [6, 6.07) is 11.7. The zero-order valence-electron chi connectivity index (χ0n) is 30.4. The zero-order valence-corrected chi connectivity index (χ0v) is 30.4. The summed E-state index contributed by atoms with van der Waals surface area (Å²) in [4.78, 5) is 22.9. The molecule has 0 bridgehead atoms. The highest BCUT2D eigenvalue weighted by Gasteiger charge is 2.37. The number of fused-ring (bicyclic) bond motifs is 1. The van der Waals surface area contributed by atoms with Crippen molar-refractivity contribution in [1.82, 2.24) is 9.88 Å². The van der Waals surface area contributed by atoms with E-state index in [9.17, 15) is 14.3 Å². The summed E-state index contributed by atoms with van der Waals surface area (Å²) in [7, 11) is 0. The van der Waals surface area contributed by atoms with Crippen LogP contribution in [0.25, 0.3) is 11.1 Å². The molecule has 0 saturated carbocycles. The molecule has 8 heteroatoms. The molecular weight excluding hydrogens is 605 g/mol. The Labute approximate surface area is 286 Å². The Morgan fingerprint density at radius 2 is 1.75 bits per heavy atom. The molecule has 0 aliphatic carbocycles. The van der Waals surface area contributed by atoms with Crippen LogP contribution in [0.2, 0.25) is 0 Å². The number of benzene rings is 2. The van der Waals surface area contributed by atoms with Crippen LogP contribution in [0.3, 0.4) is 0 Å². The highest BCUT2D eigenvalue weighted by atomic mass is 19.1. The Morgan fingerprint density at radius 3 is 2.38 bits per heavy atom. The monoisotopic (exact) mass is 659 g/mol. The van der Waals surface area contributed by atoms with E-state index in [-0.39, 0.29) is 17.3 Å². The number of ether oxygens (including phenoxy) is 2. The molecule has 0 unspecified atom stereocenters. The van der Waals surface area contributed by atoms with Crippen molar-refractivity contribution in [3.05, 3.63) is 81.4 Å². The summed E-state index contributed by atoms with van der Waals surface area (Å²) in [5.74, 6) is -1.22. The highest BCUT2D eigenvalue weighted by Crippen LogP contribution is 2.46. The third kappa shape index (κ3) is 8.44. The minimum Gasteiger partial charge on any atom is -0.479 e. The van der Waals surface area contributed by atoms with Crippen molar-refractivity contribution in [2.24, 2.45) is 5.41 Å². The van der Waals surface area contributed by atoms with E-state index in [1.165, 1.54) is 11.1 Å². The highest BCUT2D eigenvalue weighted by molar-refractivity contribution is 5.88. The standard InChI is InChI=1S/C40H54FN3O4/c1-25(2)47-24-33-35(29-10-11-31-23-43(17-14-28(31)21-29)22-30-12-13-32(41)20-26(30)3)36(44-18-15-40(8,9)16-19-44)34(27(4)42-33)37(38(45)46)48-39(5,6)7/h10-13,20-21,25,37H,14-19,22-24H2,1-9H3,(H,45,46)/t37-/m0/s1. The van der Waals surface area contributed by atoms with Gasteiger partial charge in [0, 0.05) is 49.5 Å². The number of aromatic nitrogens is 1. The number of aliphatic carboxylic acids is 1. The fourth-order valence-electron chi connectivity index (χ4n) is 6.96. The number of anilines is 1. The van der Waals surface area contributed by atoms with Gasteiger partial charge in [0.25, 0.3) is 0 Å². The van der Waals surface area contributed by atoms with E-state index >= 15 is 0 Å². The van der Waals surface area contributed by atoms with Crippen LogP contribution in [0.5, 0.6) is 0 Å². The first-order valence-electron chi connectivity index (χ1n) is 17.4. The fraction of sp³-hybridized carbons (Fsp3) is 0.550. The number of halogens is 1. The number of carboxylic acid groups (broad SMARTS) is 1. The van der Waals surface area contributed by atoms with Crippen molar-refractivity contribution in [3.8, 4) is 11.1 Å². The summed E-state index contributed by atoms with van der Waals surface area (Å²) < 4.78 is 26.2. The Morgan fingerprint density at radius 1 is 1.04 bits per heavy atom. The largest absolute Gasteiger partial charge is 0.479 e. The predicted molar refractivity (Wildman–Crippen MR) is 190 cm³/mol. The van der Waals surface area contributed by atoms with E-state index in [0.717, 1.165) is 85.6 Å². The maximum Gasteiger partial charge on any atom is 0.337 e. The molecular formula is C40H54FN3O4. The van der Waals surface area contributed by atoms with Gasteiger partial charge in [-0.2, -0.15) is 0 Å². The summed E-state index contributed by atoms with van der Waals surface area (Å²) >= 11 is 0. The van der Waals surface area contributed by atoms with E-state index in [2.05, 4.69) is 41.8 Å². The van der Waals surface area contributed by atoms with Crippen LogP contribution < -0.4 is 4.90 Å². The van der Waals surface area contributed by atoms with E-state index in [1.54, 1.807) is 12.1 Å². The van der Waals surface area contributed by atoms with E-state index in [4.69, 9.17) is 14.5 Å². The second-order valence-electron chi connectivity index (χ2n) is 15.8. The molecule has 0 spiro atoms. The minimum absolute atomic E-state index is 0.00844. The molecule has 1 fully saturated rings. The molecule has 1 N–H and O–H groups in total. The van der Waals surface area contributed by atoms with Crippen molar-refractivity contribution < 1.29 is 23.8 Å². The number of aryl methyl sites for hydroxylation is 2. The fourth-order valence-corrected chi connectivity index (χ4v) is 6.96. The van der Waals surface area contributed by atoms with Crippen molar-refractivity contribution >= 4 is 11.7 Å². The maximum absolute atomic E-state index is 13.7. The average molecular weight is 660 g/mol. The lowest BCUT2D eigenvalue weighted by molar-refractivity contribution is -0.160. The van der Waals surface area contributed by atoms with Gasteiger partial charge in [-0.05, 0) is 113 Å². The Balaban J connectivity index is 1.63. The van der Waals surface area contributed by atoms with Crippen LogP contribution in [-0.4, -0.2) is 52.3 Å². The molecule has 0 amide bonds. The summed E-state index contributed by atoms with van der Waals surface area (Å²) in [5.41, 5.74) is 9.15. The summed E-state index contributed by atoms with van der Waals surface area (Å²) in [5, 5.41) is 10.6. The Hall–Kier alpha value is -3.33. The van der Waals surface area contributed by atoms with Gasteiger partial charge in [-0.1, -0.05) is 38.1 Å².